The Balaban J connectivity index is 1.90. The lowest BCUT2D eigenvalue weighted by Gasteiger charge is -2.18. The van der Waals surface area contributed by atoms with Gasteiger partial charge in [-0.1, -0.05) is 35.9 Å². The van der Waals surface area contributed by atoms with Crippen LogP contribution in [0.3, 0.4) is 0 Å². The molecule has 1 unspecified atom stereocenters. The van der Waals surface area contributed by atoms with Gasteiger partial charge in [-0.2, -0.15) is 0 Å². The summed E-state index contributed by atoms with van der Waals surface area (Å²) >= 11 is 6.05. The SMILES string of the molecule is CCOC(OCC)C(=O)C(O)c1oc2nc3ccccc3nc2c1-c1ccc(Cl)cc1. The Kier molecular flexibility index (Phi) is 6.29. The molecule has 0 saturated heterocycles. The number of aliphatic hydroxyl groups excluding tert-OH is 1. The van der Waals surface area contributed by atoms with E-state index in [2.05, 4.69) is 9.97 Å². The van der Waals surface area contributed by atoms with Crippen molar-refractivity contribution < 1.29 is 23.8 Å². The molecule has 0 amide bonds. The summed E-state index contributed by atoms with van der Waals surface area (Å²) < 4.78 is 16.6. The second kappa shape index (κ2) is 9.11. The number of carbonyl (C=O) groups excluding carboxylic acids is 1. The number of furan rings is 1. The maximum absolute atomic E-state index is 12.9. The molecule has 0 aliphatic carbocycles. The van der Waals surface area contributed by atoms with Crippen molar-refractivity contribution in [3.05, 3.63) is 59.3 Å². The van der Waals surface area contributed by atoms with Crippen LogP contribution in [0.2, 0.25) is 5.02 Å². The molecule has 2 aromatic heterocycles. The van der Waals surface area contributed by atoms with Gasteiger partial charge in [0.2, 0.25) is 17.8 Å². The third kappa shape index (κ3) is 4.18. The molecule has 4 rings (SSSR count). The zero-order valence-electron chi connectivity index (χ0n) is 17.0. The quantitative estimate of drug-likeness (QED) is 0.397. The highest BCUT2D eigenvalue weighted by molar-refractivity contribution is 6.30. The molecule has 0 aliphatic heterocycles. The molecule has 8 heteroatoms. The number of hydrogen-bond donors (Lipinski definition) is 1. The number of ketones is 1. The van der Waals surface area contributed by atoms with Crippen molar-refractivity contribution in [3.63, 3.8) is 0 Å². The average molecular weight is 441 g/mol. The topological polar surface area (TPSA) is 94.7 Å². The molecule has 31 heavy (non-hydrogen) atoms. The minimum absolute atomic E-state index is 0.0297. The van der Waals surface area contributed by atoms with Gasteiger partial charge in [-0.3, -0.25) is 4.79 Å². The Morgan fingerprint density at radius 1 is 1.03 bits per heavy atom. The monoisotopic (exact) mass is 440 g/mol. The maximum Gasteiger partial charge on any atom is 0.246 e. The second-order valence-electron chi connectivity index (χ2n) is 6.76. The summed E-state index contributed by atoms with van der Waals surface area (Å²) in [6.45, 7) is 3.99. The van der Waals surface area contributed by atoms with E-state index in [4.69, 9.17) is 25.5 Å². The molecule has 0 fully saturated rings. The van der Waals surface area contributed by atoms with E-state index < -0.39 is 18.2 Å². The van der Waals surface area contributed by atoms with Crippen LogP contribution in [0.5, 0.6) is 0 Å². The molecule has 4 aromatic rings. The molecule has 0 aliphatic rings. The number of halogens is 1. The first-order valence-corrected chi connectivity index (χ1v) is 10.3. The first-order valence-electron chi connectivity index (χ1n) is 9.93. The first kappa shape index (κ1) is 21.4. The Morgan fingerprint density at radius 3 is 2.26 bits per heavy atom. The average Bonchev–Trinajstić information content (AvgIpc) is 3.15. The Bertz CT molecular complexity index is 1220. The summed E-state index contributed by atoms with van der Waals surface area (Å²) in [5, 5.41) is 11.5. The van der Waals surface area contributed by atoms with Crippen molar-refractivity contribution in [2.24, 2.45) is 0 Å². The number of rotatable bonds is 8. The van der Waals surface area contributed by atoms with Gasteiger partial charge >= 0.3 is 0 Å². The predicted octanol–water partition coefficient (Wildman–Crippen LogP) is 4.70. The number of para-hydroxylation sites is 2. The summed E-state index contributed by atoms with van der Waals surface area (Å²) in [5.74, 6) is -0.635. The molecule has 0 saturated carbocycles. The molecule has 0 radical (unpaired) electrons. The van der Waals surface area contributed by atoms with Gasteiger partial charge in [-0.05, 0) is 43.7 Å². The van der Waals surface area contributed by atoms with E-state index in [1.54, 1.807) is 38.1 Å². The van der Waals surface area contributed by atoms with Crippen LogP contribution in [0.4, 0.5) is 0 Å². The number of benzene rings is 2. The number of Topliss-reactive ketones (excluding diaryl/α,β-unsaturated/α-hetero) is 1. The van der Waals surface area contributed by atoms with Gasteiger partial charge in [-0.15, -0.1) is 0 Å². The van der Waals surface area contributed by atoms with Crippen LogP contribution in [0.15, 0.2) is 52.9 Å². The Morgan fingerprint density at radius 2 is 1.65 bits per heavy atom. The molecule has 1 atom stereocenters. The summed E-state index contributed by atoms with van der Waals surface area (Å²) in [5.41, 5.74) is 3.11. The van der Waals surface area contributed by atoms with Crippen molar-refractivity contribution >= 4 is 39.6 Å². The largest absolute Gasteiger partial charge is 0.437 e. The van der Waals surface area contributed by atoms with Gasteiger partial charge < -0.3 is 19.0 Å². The van der Waals surface area contributed by atoms with Crippen LogP contribution in [0.1, 0.15) is 25.7 Å². The molecule has 7 nitrogen and oxygen atoms in total. The minimum Gasteiger partial charge on any atom is -0.437 e. The molecule has 160 valence electrons. The van der Waals surface area contributed by atoms with Crippen molar-refractivity contribution in [2.45, 2.75) is 26.2 Å². The van der Waals surface area contributed by atoms with Gasteiger partial charge in [0.1, 0.15) is 5.52 Å². The number of hydrogen-bond acceptors (Lipinski definition) is 7. The van der Waals surface area contributed by atoms with E-state index in [0.29, 0.717) is 32.7 Å². The number of aliphatic hydroxyl groups is 1. The zero-order chi connectivity index (χ0) is 22.0. The fourth-order valence-corrected chi connectivity index (χ4v) is 3.48. The van der Waals surface area contributed by atoms with E-state index in [9.17, 15) is 9.90 Å². The fourth-order valence-electron chi connectivity index (χ4n) is 3.35. The lowest BCUT2D eigenvalue weighted by atomic mass is 10.0. The van der Waals surface area contributed by atoms with Crippen molar-refractivity contribution in [1.29, 1.82) is 0 Å². The highest BCUT2D eigenvalue weighted by Gasteiger charge is 2.34. The summed E-state index contributed by atoms with van der Waals surface area (Å²) in [6.07, 6.45) is -2.84. The second-order valence-corrected chi connectivity index (χ2v) is 7.20. The van der Waals surface area contributed by atoms with E-state index in [1.807, 2.05) is 24.3 Å². The molecule has 1 N–H and O–H groups in total. The van der Waals surface area contributed by atoms with Gasteiger partial charge in [0.15, 0.2) is 11.9 Å². The van der Waals surface area contributed by atoms with E-state index in [0.717, 1.165) is 0 Å². The number of nitrogens with zero attached hydrogens (tertiary/aromatic N) is 2. The maximum atomic E-state index is 12.9. The van der Waals surface area contributed by atoms with Crippen molar-refractivity contribution in [1.82, 2.24) is 9.97 Å². The molecule has 2 heterocycles. The standard InChI is InChI=1S/C23H21ClN2O5/c1-3-29-23(30-4-2)20(28)19(27)21-17(13-9-11-14(24)12-10-13)18-22(31-21)26-16-8-6-5-7-15(16)25-18/h5-12,19,23,27H,3-4H2,1-2H3. The predicted molar refractivity (Wildman–Crippen MR) is 117 cm³/mol. The van der Waals surface area contributed by atoms with Crippen LogP contribution in [-0.2, 0) is 14.3 Å². The fraction of sp³-hybridized carbons (Fsp3) is 0.261. The van der Waals surface area contributed by atoms with Crippen LogP contribution in [0.25, 0.3) is 33.4 Å². The number of fused-ring (bicyclic) bond motifs is 2. The van der Waals surface area contributed by atoms with Crippen molar-refractivity contribution in [2.75, 3.05) is 13.2 Å². The normalized spacial score (nSPS) is 12.7. The van der Waals surface area contributed by atoms with Crippen LogP contribution >= 0.6 is 11.6 Å². The minimum atomic E-state index is -1.63. The number of carbonyl (C=O) groups is 1. The number of ether oxygens (including phenoxy) is 2. The van der Waals surface area contributed by atoms with Gasteiger partial charge in [0, 0.05) is 18.2 Å². The smallest absolute Gasteiger partial charge is 0.246 e. The summed E-state index contributed by atoms with van der Waals surface area (Å²) in [4.78, 5) is 22.2. The van der Waals surface area contributed by atoms with E-state index in [-0.39, 0.29) is 24.7 Å². The first-order chi connectivity index (χ1) is 15.0. The van der Waals surface area contributed by atoms with Gasteiger partial charge in [0.25, 0.3) is 0 Å². The Labute approximate surface area is 183 Å². The van der Waals surface area contributed by atoms with E-state index in [1.165, 1.54) is 0 Å². The van der Waals surface area contributed by atoms with Gasteiger partial charge in [-0.25, -0.2) is 9.97 Å². The molecular formula is C23H21ClN2O5. The van der Waals surface area contributed by atoms with Crippen LogP contribution in [-0.4, -0.2) is 40.4 Å². The van der Waals surface area contributed by atoms with E-state index >= 15 is 0 Å². The van der Waals surface area contributed by atoms with Crippen LogP contribution < -0.4 is 0 Å². The molecule has 2 aromatic carbocycles. The number of aromatic nitrogens is 2. The van der Waals surface area contributed by atoms with Gasteiger partial charge in [0.05, 0.1) is 16.6 Å². The summed E-state index contributed by atoms with van der Waals surface area (Å²) in [6, 6.07) is 14.3. The molecule has 0 spiro atoms. The zero-order valence-corrected chi connectivity index (χ0v) is 17.8. The third-order valence-electron chi connectivity index (χ3n) is 4.75. The lowest BCUT2D eigenvalue weighted by Crippen LogP contribution is -2.32. The third-order valence-corrected chi connectivity index (χ3v) is 5.00. The summed E-state index contributed by atoms with van der Waals surface area (Å²) in [7, 11) is 0. The van der Waals surface area contributed by atoms with Crippen LogP contribution in [0, 0.1) is 0 Å². The highest BCUT2D eigenvalue weighted by atomic mass is 35.5. The lowest BCUT2D eigenvalue weighted by molar-refractivity contribution is -0.176. The highest BCUT2D eigenvalue weighted by Crippen LogP contribution is 2.38. The Hall–Kier alpha value is -2.84. The van der Waals surface area contributed by atoms with Crippen molar-refractivity contribution in [3.8, 4) is 11.1 Å². The molecular weight excluding hydrogens is 420 g/mol. The molecule has 0 bridgehead atoms.